The van der Waals surface area contributed by atoms with Gasteiger partial charge in [0.25, 0.3) is 0 Å². The molecular formula is C11H16F3N. The van der Waals surface area contributed by atoms with E-state index in [1.54, 1.807) is 6.08 Å². The van der Waals surface area contributed by atoms with E-state index < -0.39 is 17.6 Å². The molecule has 1 rings (SSSR count). The monoisotopic (exact) mass is 219 g/mol. The number of hydrogen-bond donors (Lipinski definition) is 1. The van der Waals surface area contributed by atoms with Crippen molar-refractivity contribution in [1.29, 1.82) is 0 Å². The molecule has 2 N–H and O–H groups in total. The molecule has 4 heteroatoms. The Balaban J connectivity index is 2.97. The molecule has 0 saturated heterocycles. The molecule has 2 atom stereocenters. The van der Waals surface area contributed by atoms with E-state index in [0.29, 0.717) is 12.8 Å². The van der Waals surface area contributed by atoms with Gasteiger partial charge < -0.3 is 5.73 Å². The Hall–Kier alpha value is -0.770. The van der Waals surface area contributed by atoms with Crippen LogP contribution in [0.4, 0.5) is 13.2 Å². The highest BCUT2D eigenvalue weighted by Gasteiger charge is 2.55. The van der Waals surface area contributed by atoms with Gasteiger partial charge in [0.2, 0.25) is 0 Å². The Bertz CT molecular complexity index is 267. The van der Waals surface area contributed by atoms with E-state index in [1.165, 1.54) is 18.2 Å². The molecule has 0 aromatic heterocycles. The van der Waals surface area contributed by atoms with Crippen LogP contribution in [0.3, 0.4) is 0 Å². The van der Waals surface area contributed by atoms with Crippen molar-refractivity contribution in [1.82, 2.24) is 0 Å². The van der Waals surface area contributed by atoms with Gasteiger partial charge in [-0.1, -0.05) is 37.6 Å². The lowest BCUT2D eigenvalue weighted by atomic mass is 9.73. The highest BCUT2D eigenvalue weighted by atomic mass is 19.4. The van der Waals surface area contributed by atoms with Crippen LogP contribution in [-0.4, -0.2) is 12.2 Å². The van der Waals surface area contributed by atoms with Crippen molar-refractivity contribution in [2.24, 2.45) is 11.1 Å². The molecule has 0 amide bonds. The minimum absolute atomic E-state index is 0.0475. The van der Waals surface area contributed by atoms with Crippen LogP contribution in [0.1, 0.15) is 26.2 Å². The molecule has 0 saturated carbocycles. The van der Waals surface area contributed by atoms with Crippen molar-refractivity contribution >= 4 is 0 Å². The summed E-state index contributed by atoms with van der Waals surface area (Å²) >= 11 is 0. The molecule has 86 valence electrons. The lowest BCUT2D eigenvalue weighted by Gasteiger charge is -2.38. The minimum atomic E-state index is -4.27. The second-order valence-electron chi connectivity index (χ2n) is 3.92. The van der Waals surface area contributed by atoms with E-state index in [9.17, 15) is 13.2 Å². The highest BCUT2D eigenvalue weighted by Crippen LogP contribution is 2.47. The molecule has 0 radical (unpaired) electrons. The molecule has 0 heterocycles. The number of halogens is 3. The van der Waals surface area contributed by atoms with Crippen molar-refractivity contribution in [3.63, 3.8) is 0 Å². The Kier molecular flexibility index (Phi) is 3.60. The summed E-state index contributed by atoms with van der Waals surface area (Å²) < 4.78 is 39.0. The molecule has 0 aromatic rings. The Labute approximate surface area is 87.8 Å². The molecule has 0 spiro atoms. The molecule has 0 aromatic carbocycles. The van der Waals surface area contributed by atoms with E-state index in [1.807, 2.05) is 6.92 Å². The average molecular weight is 219 g/mol. The van der Waals surface area contributed by atoms with Gasteiger partial charge in [-0.25, -0.2) is 0 Å². The standard InChI is InChI=1S/C11H16F3N/c1-2-6-9(15)10(11(12,13)14)7-4-3-5-8-10/h3-5,7,9H,2,6,8,15H2,1H3. The van der Waals surface area contributed by atoms with Gasteiger partial charge in [0.15, 0.2) is 0 Å². The van der Waals surface area contributed by atoms with Gasteiger partial charge in [0, 0.05) is 6.04 Å². The summed E-state index contributed by atoms with van der Waals surface area (Å²) in [7, 11) is 0. The maximum absolute atomic E-state index is 13.0. The predicted molar refractivity (Wildman–Crippen MR) is 54.3 cm³/mol. The number of allylic oxidation sites excluding steroid dienone is 3. The minimum Gasteiger partial charge on any atom is -0.327 e. The zero-order chi connectivity index (χ0) is 11.5. The second kappa shape index (κ2) is 4.39. The van der Waals surface area contributed by atoms with Gasteiger partial charge in [0.05, 0.1) is 0 Å². The number of alkyl halides is 3. The number of rotatable bonds is 3. The maximum atomic E-state index is 13.0. The van der Waals surface area contributed by atoms with Crippen LogP contribution in [0.2, 0.25) is 0 Å². The smallest absolute Gasteiger partial charge is 0.327 e. The third-order valence-electron chi connectivity index (χ3n) is 2.89. The first kappa shape index (κ1) is 12.3. The molecule has 1 nitrogen and oxygen atoms in total. The molecule has 0 aliphatic heterocycles. The summed E-state index contributed by atoms with van der Waals surface area (Å²) in [5.41, 5.74) is 3.81. The topological polar surface area (TPSA) is 26.0 Å². The van der Waals surface area contributed by atoms with Gasteiger partial charge in [-0.05, 0) is 12.8 Å². The fraction of sp³-hybridized carbons (Fsp3) is 0.636. The largest absolute Gasteiger partial charge is 0.399 e. The summed E-state index contributed by atoms with van der Waals surface area (Å²) in [5, 5.41) is 0. The summed E-state index contributed by atoms with van der Waals surface area (Å²) in [6, 6.07) is -0.858. The summed E-state index contributed by atoms with van der Waals surface area (Å²) in [6.45, 7) is 1.84. The van der Waals surface area contributed by atoms with Crippen molar-refractivity contribution in [2.45, 2.75) is 38.4 Å². The van der Waals surface area contributed by atoms with E-state index >= 15 is 0 Å². The molecule has 0 bridgehead atoms. The third kappa shape index (κ3) is 2.25. The van der Waals surface area contributed by atoms with E-state index in [4.69, 9.17) is 5.73 Å². The maximum Gasteiger partial charge on any atom is 0.399 e. The Morgan fingerprint density at radius 2 is 2.07 bits per heavy atom. The normalized spacial score (nSPS) is 28.1. The van der Waals surface area contributed by atoms with Gasteiger partial charge in [0.1, 0.15) is 5.41 Å². The van der Waals surface area contributed by atoms with E-state index in [2.05, 4.69) is 0 Å². The van der Waals surface area contributed by atoms with Crippen LogP contribution in [0.15, 0.2) is 24.3 Å². The van der Waals surface area contributed by atoms with Gasteiger partial charge >= 0.3 is 6.18 Å². The first-order chi connectivity index (χ1) is 6.94. The third-order valence-corrected chi connectivity index (χ3v) is 2.89. The molecule has 2 unspecified atom stereocenters. The molecule has 1 aliphatic rings. The average Bonchev–Trinajstić information content (AvgIpc) is 2.17. The van der Waals surface area contributed by atoms with Crippen LogP contribution in [0.25, 0.3) is 0 Å². The fourth-order valence-corrected chi connectivity index (χ4v) is 1.90. The van der Waals surface area contributed by atoms with Crippen LogP contribution in [0, 0.1) is 5.41 Å². The molecule has 15 heavy (non-hydrogen) atoms. The SMILES string of the molecule is CCCC(N)C1(C(F)(F)F)C=CC=CC1. The van der Waals surface area contributed by atoms with Gasteiger partial charge in [-0.2, -0.15) is 13.2 Å². The first-order valence-corrected chi connectivity index (χ1v) is 5.10. The van der Waals surface area contributed by atoms with Crippen molar-refractivity contribution in [3.05, 3.63) is 24.3 Å². The van der Waals surface area contributed by atoms with E-state index in [-0.39, 0.29) is 6.42 Å². The fourth-order valence-electron chi connectivity index (χ4n) is 1.90. The highest BCUT2D eigenvalue weighted by molar-refractivity contribution is 5.21. The van der Waals surface area contributed by atoms with Gasteiger partial charge in [-0.3, -0.25) is 0 Å². The molecule has 1 aliphatic carbocycles. The van der Waals surface area contributed by atoms with Crippen LogP contribution in [-0.2, 0) is 0 Å². The second-order valence-corrected chi connectivity index (χ2v) is 3.92. The summed E-state index contributed by atoms with van der Waals surface area (Å²) in [6.07, 6.45) is 2.52. The zero-order valence-corrected chi connectivity index (χ0v) is 8.72. The van der Waals surface area contributed by atoms with Crippen LogP contribution in [0.5, 0.6) is 0 Å². The lowest BCUT2D eigenvalue weighted by Crippen LogP contribution is -2.50. The Morgan fingerprint density at radius 1 is 1.40 bits per heavy atom. The van der Waals surface area contributed by atoms with Crippen molar-refractivity contribution < 1.29 is 13.2 Å². The first-order valence-electron chi connectivity index (χ1n) is 5.10. The summed E-state index contributed by atoms with van der Waals surface area (Å²) in [4.78, 5) is 0. The zero-order valence-electron chi connectivity index (χ0n) is 8.72. The van der Waals surface area contributed by atoms with Crippen LogP contribution >= 0.6 is 0 Å². The quantitative estimate of drug-likeness (QED) is 0.775. The van der Waals surface area contributed by atoms with Crippen molar-refractivity contribution in [3.8, 4) is 0 Å². The lowest BCUT2D eigenvalue weighted by molar-refractivity contribution is -0.212. The number of hydrogen-bond acceptors (Lipinski definition) is 1. The molecular weight excluding hydrogens is 203 g/mol. The van der Waals surface area contributed by atoms with Gasteiger partial charge in [-0.15, -0.1) is 0 Å². The Morgan fingerprint density at radius 3 is 2.47 bits per heavy atom. The predicted octanol–water partition coefficient (Wildman–Crippen LogP) is 3.18. The van der Waals surface area contributed by atoms with Crippen molar-refractivity contribution in [2.75, 3.05) is 0 Å². The molecule has 0 fully saturated rings. The summed E-state index contributed by atoms with van der Waals surface area (Å²) in [5.74, 6) is 0. The van der Waals surface area contributed by atoms with E-state index in [0.717, 1.165) is 0 Å². The number of nitrogens with two attached hydrogens (primary N) is 1. The van der Waals surface area contributed by atoms with Crippen LogP contribution < -0.4 is 5.73 Å².